The molecule has 0 aliphatic rings. The van der Waals surface area contributed by atoms with E-state index in [0.717, 1.165) is 5.69 Å². The van der Waals surface area contributed by atoms with Crippen LogP contribution < -0.4 is 0 Å². The van der Waals surface area contributed by atoms with E-state index in [1.54, 1.807) is 0 Å². The molecular weight excluding hydrogens is 220 g/mol. The molecule has 0 spiro atoms. The molecule has 0 aliphatic carbocycles. The lowest BCUT2D eigenvalue weighted by Crippen LogP contribution is -1.78. The van der Waals surface area contributed by atoms with Crippen molar-refractivity contribution in [2.24, 2.45) is 9.98 Å². The van der Waals surface area contributed by atoms with Crippen molar-refractivity contribution in [1.82, 2.24) is 0 Å². The van der Waals surface area contributed by atoms with E-state index in [1.165, 1.54) is 16.7 Å². The fourth-order valence-electron chi connectivity index (χ4n) is 1.82. The molecule has 2 rings (SSSR count). The van der Waals surface area contributed by atoms with Crippen LogP contribution in [0.4, 0.5) is 5.69 Å². The third-order valence-corrected chi connectivity index (χ3v) is 2.56. The van der Waals surface area contributed by atoms with E-state index in [9.17, 15) is 0 Å². The first-order valence-electron chi connectivity index (χ1n) is 5.98. The molecule has 0 bridgehead atoms. The van der Waals surface area contributed by atoms with Gasteiger partial charge in [-0.2, -0.15) is 4.99 Å². The van der Waals surface area contributed by atoms with Crippen molar-refractivity contribution in [2.45, 2.75) is 20.4 Å². The van der Waals surface area contributed by atoms with Crippen LogP contribution >= 0.6 is 0 Å². The summed E-state index contributed by atoms with van der Waals surface area (Å²) in [5.41, 5.74) is 4.49. The number of rotatable bonds is 3. The number of nitrogens with zero attached hydrogens (tertiary/aromatic N) is 2. The molecule has 0 saturated heterocycles. The van der Waals surface area contributed by atoms with Crippen LogP contribution in [-0.2, 0) is 6.54 Å². The van der Waals surface area contributed by atoms with Crippen LogP contribution in [0.2, 0.25) is 0 Å². The van der Waals surface area contributed by atoms with E-state index in [0.29, 0.717) is 6.54 Å². The van der Waals surface area contributed by atoms with Gasteiger partial charge in [0.2, 0.25) is 0 Å². The lowest BCUT2D eigenvalue weighted by molar-refractivity contribution is 1.08. The predicted octanol–water partition coefficient (Wildman–Crippen LogP) is 4.31. The lowest BCUT2D eigenvalue weighted by atomic mass is 10.1. The van der Waals surface area contributed by atoms with Gasteiger partial charge in [-0.3, -0.25) is 0 Å². The first kappa shape index (κ1) is 12.3. The van der Waals surface area contributed by atoms with Crippen molar-refractivity contribution >= 4 is 11.7 Å². The van der Waals surface area contributed by atoms with Gasteiger partial charge in [0.1, 0.15) is 0 Å². The van der Waals surface area contributed by atoms with Crippen molar-refractivity contribution in [2.75, 3.05) is 0 Å². The summed E-state index contributed by atoms with van der Waals surface area (Å²) in [6.07, 6.45) is 0. The Kier molecular flexibility index (Phi) is 4.06. The second-order valence-corrected chi connectivity index (χ2v) is 4.36. The maximum Gasteiger partial charge on any atom is 0.0952 e. The van der Waals surface area contributed by atoms with E-state index in [1.807, 2.05) is 42.5 Å². The topological polar surface area (TPSA) is 24.7 Å². The first-order valence-corrected chi connectivity index (χ1v) is 5.98. The lowest BCUT2D eigenvalue weighted by Gasteiger charge is -1.97. The molecule has 90 valence electrons. The molecule has 0 N–H and O–H groups in total. The Balaban J connectivity index is 2.06. The van der Waals surface area contributed by atoms with Gasteiger partial charge in [-0.15, -0.1) is 0 Å². The molecule has 2 heteroatoms. The summed E-state index contributed by atoms with van der Waals surface area (Å²) in [5, 5.41) is 0. The zero-order valence-corrected chi connectivity index (χ0v) is 10.7. The van der Waals surface area contributed by atoms with Gasteiger partial charge >= 0.3 is 0 Å². The van der Waals surface area contributed by atoms with E-state index in [4.69, 9.17) is 0 Å². The number of aryl methyl sites for hydroxylation is 2. The monoisotopic (exact) mass is 236 g/mol. The van der Waals surface area contributed by atoms with Crippen LogP contribution in [0.25, 0.3) is 0 Å². The number of benzene rings is 2. The zero-order valence-electron chi connectivity index (χ0n) is 10.7. The quantitative estimate of drug-likeness (QED) is 0.709. The van der Waals surface area contributed by atoms with Crippen LogP contribution in [0.5, 0.6) is 0 Å². The number of hydrogen-bond acceptors (Lipinski definition) is 2. The summed E-state index contributed by atoms with van der Waals surface area (Å²) in [6.45, 7) is 4.75. The second-order valence-electron chi connectivity index (χ2n) is 4.36. The SMILES string of the molecule is Cc1cc(C)cc(N=C=NCc2ccccc2)c1. The minimum atomic E-state index is 0.620. The smallest absolute Gasteiger partial charge is 0.0952 e. The van der Waals surface area contributed by atoms with E-state index in [-0.39, 0.29) is 0 Å². The third kappa shape index (κ3) is 3.69. The summed E-state index contributed by atoms with van der Waals surface area (Å²) in [5.74, 6) is 0. The van der Waals surface area contributed by atoms with Gasteiger partial charge in [-0.05, 0) is 42.7 Å². The fraction of sp³-hybridized carbons (Fsp3) is 0.188. The van der Waals surface area contributed by atoms with Gasteiger partial charge in [0.25, 0.3) is 0 Å². The molecule has 0 aliphatic heterocycles. The Morgan fingerprint density at radius 2 is 1.61 bits per heavy atom. The van der Waals surface area contributed by atoms with Crippen LogP contribution in [0.1, 0.15) is 16.7 Å². The van der Waals surface area contributed by atoms with Gasteiger partial charge in [0.05, 0.1) is 18.2 Å². The highest BCUT2D eigenvalue weighted by Crippen LogP contribution is 2.15. The highest BCUT2D eigenvalue weighted by Gasteiger charge is 1.92. The largest absolute Gasteiger partial charge is 0.221 e. The Bertz CT molecular complexity index is 559. The Labute approximate surface area is 108 Å². The molecule has 0 fully saturated rings. The van der Waals surface area contributed by atoms with Crippen molar-refractivity contribution < 1.29 is 0 Å². The molecule has 0 heterocycles. The maximum atomic E-state index is 4.23. The maximum absolute atomic E-state index is 4.23. The molecule has 0 atom stereocenters. The van der Waals surface area contributed by atoms with Gasteiger partial charge in [-0.1, -0.05) is 36.4 Å². The average molecular weight is 236 g/mol. The number of hydrogen-bond donors (Lipinski definition) is 0. The molecule has 2 aromatic carbocycles. The molecule has 0 unspecified atom stereocenters. The minimum absolute atomic E-state index is 0.620. The summed E-state index contributed by atoms with van der Waals surface area (Å²) in [4.78, 5) is 8.41. The van der Waals surface area contributed by atoms with Crippen molar-refractivity contribution in [1.29, 1.82) is 0 Å². The third-order valence-electron chi connectivity index (χ3n) is 2.56. The highest BCUT2D eigenvalue weighted by atomic mass is 14.8. The molecule has 0 aromatic heterocycles. The van der Waals surface area contributed by atoms with Crippen LogP contribution in [0.3, 0.4) is 0 Å². The van der Waals surface area contributed by atoms with Crippen LogP contribution in [-0.4, -0.2) is 6.01 Å². The van der Waals surface area contributed by atoms with Crippen molar-refractivity contribution in [3.05, 3.63) is 65.2 Å². The second kappa shape index (κ2) is 5.95. The summed E-state index contributed by atoms with van der Waals surface area (Å²) < 4.78 is 0. The first-order chi connectivity index (χ1) is 8.74. The van der Waals surface area contributed by atoms with Gasteiger partial charge in [-0.25, -0.2) is 4.99 Å². The fourth-order valence-corrected chi connectivity index (χ4v) is 1.82. The van der Waals surface area contributed by atoms with E-state index < -0.39 is 0 Å². The average Bonchev–Trinajstić information content (AvgIpc) is 2.35. The summed E-state index contributed by atoms with van der Waals surface area (Å²) >= 11 is 0. The summed E-state index contributed by atoms with van der Waals surface area (Å²) in [7, 11) is 0. The minimum Gasteiger partial charge on any atom is -0.221 e. The normalized spacial score (nSPS) is 9.67. The van der Waals surface area contributed by atoms with E-state index in [2.05, 4.69) is 35.9 Å². The zero-order chi connectivity index (χ0) is 12.8. The molecule has 0 radical (unpaired) electrons. The molecule has 0 amide bonds. The summed E-state index contributed by atoms with van der Waals surface area (Å²) in [6, 6.07) is 19.0. The van der Waals surface area contributed by atoms with Crippen LogP contribution in [0.15, 0.2) is 58.5 Å². The number of aliphatic imine (C=N–C) groups is 2. The van der Waals surface area contributed by atoms with Gasteiger partial charge in [0, 0.05) is 0 Å². The van der Waals surface area contributed by atoms with Gasteiger partial charge < -0.3 is 0 Å². The van der Waals surface area contributed by atoms with Crippen molar-refractivity contribution in [3.63, 3.8) is 0 Å². The predicted molar refractivity (Wildman–Crippen MR) is 75.6 cm³/mol. The van der Waals surface area contributed by atoms with Crippen molar-refractivity contribution in [3.8, 4) is 0 Å². The van der Waals surface area contributed by atoms with Crippen LogP contribution in [0, 0.1) is 13.8 Å². The standard InChI is InChI=1S/C16H16N2/c1-13-8-14(2)10-16(9-13)18-12-17-11-15-6-4-3-5-7-15/h3-10H,11H2,1-2H3. The van der Waals surface area contributed by atoms with Gasteiger partial charge in [0.15, 0.2) is 0 Å². The highest BCUT2D eigenvalue weighted by molar-refractivity contribution is 5.54. The molecule has 2 nitrogen and oxygen atoms in total. The van der Waals surface area contributed by atoms with E-state index >= 15 is 0 Å². The molecule has 0 saturated carbocycles. The molecular formula is C16H16N2. The Morgan fingerprint density at radius 1 is 0.944 bits per heavy atom. The Morgan fingerprint density at radius 3 is 2.28 bits per heavy atom. The molecule has 2 aromatic rings. The molecule has 18 heavy (non-hydrogen) atoms. The Hall–Kier alpha value is -2.18.